The average molecular weight is 211 g/mol. The second-order valence-corrected chi connectivity index (χ2v) is 2.77. The predicted molar refractivity (Wildman–Crippen MR) is 45.8 cm³/mol. The number of aliphatic carboxylic acids is 1. The largest absolute Gasteiger partial charge is 0.476 e. The Hall–Kier alpha value is -2.31. The molecule has 1 atom stereocenters. The molecule has 0 amide bonds. The number of fused-ring (bicyclic) bond motifs is 1. The number of nitro benzene ring substituents is 1. The molecule has 1 heterocycles. The van der Waals surface area contributed by atoms with Gasteiger partial charge in [0.25, 0.3) is 0 Å². The van der Waals surface area contributed by atoms with Crippen molar-refractivity contribution in [2.75, 3.05) is 0 Å². The van der Waals surface area contributed by atoms with Crippen molar-refractivity contribution < 1.29 is 24.3 Å². The minimum atomic E-state index is -1.51. The monoisotopic (exact) mass is 211 g/mol. The van der Waals surface area contributed by atoms with Gasteiger partial charge in [-0.3, -0.25) is 10.1 Å². The van der Waals surface area contributed by atoms with E-state index in [1.807, 2.05) is 0 Å². The summed E-state index contributed by atoms with van der Waals surface area (Å²) in [5.74, 6) is -1.41. The summed E-state index contributed by atoms with van der Waals surface area (Å²) < 4.78 is 9.63. The molecule has 0 spiro atoms. The summed E-state index contributed by atoms with van der Waals surface area (Å²) in [6, 6.07) is 4.02. The fourth-order valence-electron chi connectivity index (χ4n) is 1.21. The van der Waals surface area contributed by atoms with E-state index in [-0.39, 0.29) is 17.2 Å². The molecule has 7 nitrogen and oxygen atoms in total. The van der Waals surface area contributed by atoms with Crippen molar-refractivity contribution in [1.29, 1.82) is 0 Å². The standard InChI is InChI=1S/C8H5NO6/c10-7(11)8-14-5-3-1-2-4(9(12)13)6(5)15-8/h1-3,8H,(H,10,11). The summed E-state index contributed by atoms with van der Waals surface area (Å²) in [6.07, 6.45) is -1.51. The van der Waals surface area contributed by atoms with Crippen molar-refractivity contribution in [2.24, 2.45) is 0 Å². The first-order valence-electron chi connectivity index (χ1n) is 3.93. The summed E-state index contributed by atoms with van der Waals surface area (Å²) in [7, 11) is 0. The number of nitrogens with zero attached hydrogens (tertiary/aromatic N) is 1. The maximum atomic E-state index is 10.6. The maximum Gasteiger partial charge on any atom is 0.387 e. The van der Waals surface area contributed by atoms with Crippen LogP contribution in [0.4, 0.5) is 5.69 Å². The molecule has 0 saturated heterocycles. The Morgan fingerprint density at radius 3 is 2.80 bits per heavy atom. The molecule has 15 heavy (non-hydrogen) atoms. The van der Waals surface area contributed by atoms with E-state index >= 15 is 0 Å². The predicted octanol–water partition coefficient (Wildman–Crippen LogP) is 0.777. The number of benzene rings is 1. The highest BCUT2D eigenvalue weighted by Crippen LogP contribution is 2.41. The normalized spacial score (nSPS) is 17.5. The Morgan fingerprint density at radius 1 is 1.47 bits per heavy atom. The number of hydrogen-bond donors (Lipinski definition) is 1. The summed E-state index contributed by atoms with van der Waals surface area (Å²) in [5.41, 5.74) is -0.309. The first kappa shape index (κ1) is 9.25. The third-order valence-corrected chi connectivity index (χ3v) is 1.82. The molecule has 0 radical (unpaired) electrons. The molecule has 1 N–H and O–H groups in total. The van der Waals surface area contributed by atoms with Crippen molar-refractivity contribution in [3.05, 3.63) is 28.3 Å². The molecule has 0 fully saturated rings. The fourth-order valence-corrected chi connectivity index (χ4v) is 1.21. The third-order valence-electron chi connectivity index (χ3n) is 1.82. The van der Waals surface area contributed by atoms with Crippen LogP contribution in [-0.2, 0) is 4.79 Å². The van der Waals surface area contributed by atoms with Crippen LogP contribution in [0.1, 0.15) is 0 Å². The molecule has 1 unspecified atom stereocenters. The minimum absolute atomic E-state index is 0.0663. The molecule has 1 aromatic carbocycles. The highest BCUT2D eigenvalue weighted by Gasteiger charge is 2.35. The molecule has 1 aliphatic rings. The highest BCUT2D eigenvalue weighted by atomic mass is 16.7. The van der Waals surface area contributed by atoms with Crippen LogP contribution in [0.5, 0.6) is 11.5 Å². The number of carboxylic acids is 1. The van der Waals surface area contributed by atoms with Gasteiger partial charge in [-0.1, -0.05) is 6.07 Å². The van der Waals surface area contributed by atoms with Gasteiger partial charge >= 0.3 is 17.9 Å². The Kier molecular flexibility index (Phi) is 1.93. The Balaban J connectivity index is 2.41. The summed E-state index contributed by atoms with van der Waals surface area (Å²) in [5, 5.41) is 19.2. The van der Waals surface area contributed by atoms with Crippen LogP contribution in [0.2, 0.25) is 0 Å². The van der Waals surface area contributed by atoms with E-state index in [1.54, 1.807) is 0 Å². The Morgan fingerprint density at radius 2 is 2.20 bits per heavy atom. The van der Waals surface area contributed by atoms with E-state index in [0.717, 1.165) is 0 Å². The van der Waals surface area contributed by atoms with Crippen LogP contribution < -0.4 is 9.47 Å². The van der Waals surface area contributed by atoms with Gasteiger partial charge in [-0.15, -0.1) is 0 Å². The van der Waals surface area contributed by atoms with Gasteiger partial charge in [0, 0.05) is 6.07 Å². The molecule has 7 heteroatoms. The number of nitro groups is 1. The Bertz CT molecular complexity index is 443. The van der Waals surface area contributed by atoms with E-state index in [9.17, 15) is 14.9 Å². The second kappa shape index (κ2) is 3.12. The van der Waals surface area contributed by atoms with Crippen molar-refractivity contribution in [3.8, 4) is 11.5 Å². The van der Waals surface area contributed by atoms with Crippen LogP contribution >= 0.6 is 0 Å². The van der Waals surface area contributed by atoms with Gasteiger partial charge in [0.15, 0.2) is 5.75 Å². The molecule has 0 aliphatic carbocycles. The lowest BCUT2D eigenvalue weighted by molar-refractivity contribution is -0.385. The van der Waals surface area contributed by atoms with Gasteiger partial charge in [0.05, 0.1) is 4.92 Å². The maximum absolute atomic E-state index is 10.6. The second-order valence-electron chi connectivity index (χ2n) is 2.77. The lowest BCUT2D eigenvalue weighted by Crippen LogP contribution is -2.28. The zero-order chi connectivity index (χ0) is 11.0. The van der Waals surface area contributed by atoms with Crippen LogP contribution in [0.15, 0.2) is 18.2 Å². The van der Waals surface area contributed by atoms with Gasteiger partial charge < -0.3 is 14.6 Å². The van der Waals surface area contributed by atoms with Gasteiger partial charge in [-0.05, 0) is 6.07 Å². The first-order chi connectivity index (χ1) is 7.09. The zero-order valence-corrected chi connectivity index (χ0v) is 7.25. The van der Waals surface area contributed by atoms with Crippen LogP contribution in [0.3, 0.4) is 0 Å². The molecule has 0 saturated carbocycles. The van der Waals surface area contributed by atoms with E-state index < -0.39 is 17.2 Å². The number of rotatable bonds is 2. The molecule has 1 aromatic rings. The lowest BCUT2D eigenvalue weighted by Gasteiger charge is -2.02. The van der Waals surface area contributed by atoms with Gasteiger partial charge in [-0.2, -0.15) is 0 Å². The molecule has 0 aromatic heterocycles. The summed E-state index contributed by atoms with van der Waals surface area (Å²) in [6.45, 7) is 0. The number of hydrogen-bond acceptors (Lipinski definition) is 5. The number of carbonyl (C=O) groups is 1. The lowest BCUT2D eigenvalue weighted by atomic mass is 10.3. The molecule has 0 bridgehead atoms. The van der Waals surface area contributed by atoms with Crippen LogP contribution in [0, 0.1) is 10.1 Å². The quantitative estimate of drug-likeness (QED) is 0.573. The summed E-state index contributed by atoms with van der Waals surface area (Å²) >= 11 is 0. The average Bonchev–Trinajstić information content (AvgIpc) is 2.60. The van der Waals surface area contributed by atoms with Crippen molar-refractivity contribution in [2.45, 2.75) is 6.29 Å². The Labute approximate surface area is 83.0 Å². The minimum Gasteiger partial charge on any atom is -0.476 e. The smallest absolute Gasteiger partial charge is 0.387 e. The van der Waals surface area contributed by atoms with E-state index in [2.05, 4.69) is 0 Å². The molecular weight excluding hydrogens is 206 g/mol. The van der Waals surface area contributed by atoms with Crippen LogP contribution in [-0.4, -0.2) is 22.3 Å². The van der Waals surface area contributed by atoms with Gasteiger partial charge in [0.1, 0.15) is 0 Å². The van der Waals surface area contributed by atoms with E-state index in [4.69, 9.17) is 14.6 Å². The molecule has 1 aliphatic heterocycles. The number of para-hydroxylation sites is 1. The molecule has 2 rings (SSSR count). The van der Waals surface area contributed by atoms with Crippen LogP contribution in [0.25, 0.3) is 0 Å². The number of carboxylic acid groups (broad SMARTS) is 1. The van der Waals surface area contributed by atoms with Gasteiger partial charge in [0.2, 0.25) is 5.75 Å². The van der Waals surface area contributed by atoms with E-state index in [0.29, 0.717) is 0 Å². The van der Waals surface area contributed by atoms with Crippen molar-refractivity contribution in [3.63, 3.8) is 0 Å². The molecular formula is C8H5NO6. The zero-order valence-electron chi connectivity index (χ0n) is 7.25. The van der Waals surface area contributed by atoms with Crippen molar-refractivity contribution >= 4 is 11.7 Å². The number of ether oxygens (including phenoxy) is 2. The third kappa shape index (κ3) is 1.43. The van der Waals surface area contributed by atoms with Gasteiger partial charge in [-0.25, -0.2) is 4.79 Å². The van der Waals surface area contributed by atoms with E-state index in [1.165, 1.54) is 18.2 Å². The highest BCUT2D eigenvalue weighted by molar-refractivity contribution is 5.74. The van der Waals surface area contributed by atoms with Crippen molar-refractivity contribution in [1.82, 2.24) is 0 Å². The first-order valence-corrected chi connectivity index (χ1v) is 3.93. The summed E-state index contributed by atoms with van der Waals surface area (Å²) in [4.78, 5) is 20.4. The fraction of sp³-hybridized carbons (Fsp3) is 0.125. The SMILES string of the molecule is O=C(O)C1Oc2cccc([N+](=O)[O-])c2O1. The topological polar surface area (TPSA) is 98.9 Å². The molecule has 78 valence electrons.